The van der Waals surface area contributed by atoms with Gasteiger partial charge >= 0.3 is 0 Å². The molecule has 0 saturated heterocycles. The second-order valence-electron chi connectivity index (χ2n) is 4.43. The zero-order valence-electron chi connectivity index (χ0n) is 11.7. The largest absolute Gasteiger partial charge is 0.350 e. The van der Waals surface area contributed by atoms with Gasteiger partial charge in [-0.2, -0.15) is 0 Å². The summed E-state index contributed by atoms with van der Waals surface area (Å²) in [5.74, 6) is -3.18. The molecule has 0 radical (unpaired) electrons. The SMILES string of the molecule is Cc1ncc(CNC(=O)CNC(=O)c2ccc(F)c(F)c2)s1. The van der Waals surface area contributed by atoms with Crippen LogP contribution in [0.3, 0.4) is 0 Å². The van der Waals surface area contributed by atoms with Crippen LogP contribution in [0.15, 0.2) is 24.4 Å². The van der Waals surface area contributed by atoms with Gasteiger partial charge in [-0.1, -0.05) is 0 Å². The fourth-order valence-corrected chi connectivity index (χ4v) is 2.37. The Kier molecular flexibility index (Phi) is 5.16. The number of amides is 2. The number of nitrogens with one attached hydrogen (secondary N) is 2. The summed E-state index contributed by atoms with van der Waals surface area (Å²) < 4.78 is 25.8. The van der Waals surface area contributed by atoms with Gasteiger partial charge in [0.25, 0.3) is 5.91 Å². The first-order valence-corrected chi connectivity index (χ1v) is 7.18. The summed E-state index contributed by atoms with van der Waals surface area (Å²) in [6.07, 6.45) is 1.67. The minimum Gasteiger partial charge on any atom is -0.350 e. The number of nitrogens with zero attached hydrogens (tertiary/aromatic N) is 1. The Bertz CT molecular complexity index is 703. The van der Waals surface area contributed by atoms with Gasteiger partial charge in [0.05, 0.1) is 18.1 Å². The van der Waals surface area contributed by atoms with Crippen LogP contribution in [0, 0.1) is 18.6 Å². The minimum absolute atomic E-state index is 0.0511. The predicted molar refractivity (Wildman–Crippen MR) is 77.4 cm³/mol. The van der Waals surface area contributed by atoms with Gasteiger partial charge in [0, 0.05) is 16.6 Å². The quantitative estimate of drug-likeness (QED) is 0.880. The zero-order chi connectivity index (χ0) is 16.1. The van der Waals surface area contributed by atoms with Crippen LogP contribution >= 0.6 is 11.3 Å². The van der Waals surface area contributed by atoms with Crippen LogP contribution in [0.25, 0.3) is 0 Å². The third-order valence-electron chi connectivity index (χ3n) is 2.72. The lowest BCUT2D eigenvalue weighted by Crippen LogP contribution is -2.36. The van der Waals surface area contributed by atoms with Gasteiger partial charge in [-0.05, 0) is 25.1 Å². The number of aryl methyl sites for hydroxylation is 1. The Labute approximate surface area is 129 Å². The first-order valence-electron chi connectivity index (χ1n) is 6.37. The van der Waals surface area contributed by atoms with E-state index in [1.54, 1.807) is 6.20 Å². The van der Waals surface area contributed by atoms with Gasteiger partial charge < -0.3 is 10.6 Å². The fraction of sp³-hybridized carbons (Fsp3) is 0.214. The van der Waals surface area contributed by atoms with Gasteiger partial charge in [0.1, 0.15) is 0 Å². The van der Waals surface area contributed by atoms with Gasteiger partial charge in [-0.25, -0.2) is 13.8 Å². The zero-order valence-corrected chi connectivity index (χ0v) is 12.5. The monoisotopic (exact) mass is 325 g/mol. The highest BCUT2D eigenvalue weighted by Gasteiger charge is 2.11. The molecule has 0 spiro atoms. The fourth-order valence-electron chi connectivity index (χ4n) is 1.64. The molecule has 2 aromatic rings. The second-order valence-corrected chi connectivity index (χ2v) is 5.75. The molecule has 2 N–H and O–H groups in total. The van der Waals surface area contributed by atoms with Gasteiger partial charge in [-0.3, -0.25) is 9.59 Å². The van der Waals surface area contributed by atoms with E-state index < -0.39 is 17.5 Å². The van der Waals surface area contributed by atoms with Gasteiger partial charge in [0.2, 0.25) is 5.91 Å². The van der Waals surface area contributed by atoms with Crippen molar-refractivity contribution in [1.82, 2.24) is 15.6 Å². The van der Waals surface area contributed by atoms with E-state index in [4.69, 9.17) is 0 Å². The highest BCUT2D eigenvalue weighted by Crippen LogP contribution is 2.10. The number of thiazole rings is 1. The van der Waals surface area contributed by atoms with E-state index in [-0.39, 0.29) is 18.0 Å². The third kappa shape index (κ3) is 4.32. The van der Waals surface area contributed by atoms with Crippen LogP contribution in [-0.4, -0.2) is 23.3 Å². The van der Waals surface area contributed by atoms with Crippen LogP contribution in [0.5, 0.6) is 0 Å². The smallest absolute Gasteiger partial charge is 0.251 e. The Morgan fingerprint density at radius 2 is 2.00 bits per heavy atom. The molecule has 0 saturated carbocycles. The molecule has 0 fully saturated rings. The summed E-state index contributed by atoms with van der Waals surface area (Å²) in [5.41, 5.74) is -0.0511. The second kappa shape index (κ2) is 7.08. The van der Waals surface area contributed by atoms with Crippen molar-refractivity contribution in [2.75, 3.05) is 6.54 Å². The van der Waals surface area contributed by atoms with Crippen molar-refractivity contribution in [2.24, 2.45) is 0 Å². The number of carbonyl (C=O) groups is 2. The minimum atomic E-state index is -1.11. The lowest BCUT2D eigenvalue weighted by atomic mass is 10.2. The number of benzene rings is 1. The molecular formula is C14H13F2N3O2S. The van der Waals surface area contributed by atoms with Crippen LogP contribution in [0.1, 0.15) is 20.2 Å². The number of hydrogen-bond acceptors (Lipinski definition) is 4. The van der Waals surface area contributed by atoms with E-state index in [0.717, 1.165) is 28.1 Å². The van der Waals surface area contributed by atoms with Crippen LogP contribution in [0.2, 0.25) is 0 Å². The first kappa shape index (κ1) is 16.0. The van der Waals surface area contributed by atoms with Crippen molar-refractivity contribution in [3.63, 3.8) is 0 Å². The van der Waals surface area contributed by atoms with Crippen molar-refractivity contribution in [3.05, 3.63) is 51.5 Å². The average molecular weight is 325 g/mol. The van der Waals surface area contributed by atoms with E-state index in [0.29, 0.717) is 6.54 Å². The molecule has 116 valence electrons. The molecule has 0 bridgehead atoms. The number of hydrogen-bond donors (Lipinski definition) is 2. The van der Waals surface area contributed by atoms with Crippen molar-refractivity contribution in [2.45, 2.75) is 13.5 Å². The summed E-state index contributed by atoms with van der Waals surface area (Å²) in [6, 6.07) is 2.78. The highest BCUT2D eigenvalue weighted by atomic mass is 32.1. The maximum Gasteiger partial charge on any atom is 0.251 e. The molecule has 0 unspecified atom stereocenters. The van der Waals surface area contributed by atoms with Crippen molar-refractivity contribution >= 4 is 23.2 Å². The molecule has 2 rings (SSSR count). The Morgan fingerprint density at radius 1 is 1.23 bits per heavy atom. The van der Waals surface area contributed by atoms with E-state index in [1.807, 2.05) is 6.92 Å². The van der Waals surface area contributed by atoms with E-state index in [2.05, 4.69) is 15.6 Å². The molecule has 0 atom stereocenters. The Morgan fingerprint density at radius 3 is 2.64 bits per heavy atom. The molecule has 0 aliphatic rings. The van der Waals surface area contributed by atoms with Crippen molar-refractivity contribution in [3.8, 4) is 0 Å². The molecule has 5 nitrogen and oxygen atoms in total. The number of rotatable bonds is 5. The lowest BCUT2D eigenvalue weighted by molar-refractivity contribution is -0.120. The molecular weight excluding hydrogens is 312 g/mol. The lowest BCUT2D eigenvalue weighted by Gasteiger charge is -2.06. The number of carbonyl (C=O) groups excluding carboxylic acids is 2. The third-order valence-corrected chi connectivity index (χ3v) is 3.63. The standard InChI is InChI=1S/C14H13F2N3O2S/c1-8-17-5-10(22-8)6-18-13(20)7-19-14(21)9-2-3-11(15)12(16)4-9/h2-5H,6-7H2,1H3,(H,18,20)(H,19,21). The highest BCUT2D eigenvalue weighted by molar-refractivity contribution is 7.11. The van der Waals surface area contributed by atoms with Gasteiger partial charge in [0.15, 0.2) is 11.6 Å². The average Bonchev–Trinajstić information content (AvgIpc) is 2.91. The molecule has 2 amide bonds. The number of aromatic nitrogens is 1. The van der Waals surface area contributed by atoms with E-state index >= 15 is 0 Å². The topological polar surface area (TPSA) is 71.1 Å². The number of halogens is 2. The molecule has 0 aliphatic heterocycles. The van der Waals surface area contributed by atoms with Gasteiger partial charge in [-0.15, -0.1) is 11.3 Å². The normalized spacial score (nSPS) is 10.3. The van der Waals surface area contributed by atoms with Crippen LogP contribution in [-0.2, 0) is 11.3 Å². The van der Waals surface area contributed by atoms with E-state index in [1.165, 1.54) is 11.3 Å². The maximum atomic E-state index is 13.0. The molecule has 22 heavy (non-hydrogen) atoms. The van der Waals surface area contributed by atoms with E-state index in [9.17, 15) is 18.4 Å². The Hall–Kier alpha value is -2.35. The molecule has 1 heterocycles. The summed E-state index contributed by atoms with van der Waals surface area (Å²) in [4.78, 5) is 28.3. The summed E-state index contributed by atoms with van der Waals surface area (Å²) in [7, 11) is 0. The first-order chi connectivity index (χ1) is 10.5. The van der Waals surface area contributed by atoms with Crippen LogP contribution < -0.4 is 10.6 Å². The van der Waals surface area contributed by atoms with Crippen molar-refractivity contribution in [1.29, 1.82) is 0 Å². The summed E-state index contributed by atoms with van der Waals surface area (Å²) >= 11 is 1.46. The summed E-state index contributed by atoms with van der Waals surface area (Å²) in [5, 5.41) is 5.86. The predicted octanol–water partition coefficient (Wildman–Crippen LogP) is 1.78. The molecule has 1 aromatic carbocycles. The molecule has 0 aliphatic carbocycles. The Balaban J connectivity index is 1.80. The van der Waals surface area contributed by atoms with Crippen molar-refractivity contribution < 1.29 is 18.4 Å². The maximum absolute atomic E-state index is 13.0. The van der Waals surface area contributed by atoms with Crippen LogP contribution in [0.4, 0.5) is 8.78 Å². The molecule has 8 heteroatoms. The molecule has 1 aromatic heterocycles. The summed E-state index contributed by atoms with van der Waals surface area (Å²) in [6.45, 7) is 1.93.